The number of methoxy groups -OCH3 is 1. The highest BCUT2D eigenvalue weighted by atomic mass is 32.2. The number of nitrogens with zero attached hydrogens (tertiary/aromatic N) is 2. The van der Waals surface area contributed by atoms with Gasteiger partial charge in [-0.15, -0.1) is 11.8 Å². The van der Waals surface area contributed by atoms with Crippen molar-refractivity contribution in [3.8, 4) is 0 Å². The van der Waals surface area contributed by atoms with E-state index in [0.717, 1.165) is 39.2 Å². The molecule has 6 nitrogen and oxygen atoms in total. The van der Waals surface area contributed by atoms with Crippen LogP contribution in [0.15, 0.2) is 57.3 Å². The van der Waals surface area contributed by atoms with Crippen molar-refractivity contribution in [1.29, 1.82) is 0 Å². The van der Waals surface area contributed by atoms with Crippen LogP contribution in [0.3, 0.4) is 0 Å². The molecule has 0 saturated heterocycles. The summed E-state index contributed by atoms with van der Waals surface area (Å²) in [5.74, 6) is 0.917. The average molecular weight is 428 g/mol. The first-order chi connectivity index (χ1) is 14.2. The number of rotatable bonds is 7. The smallest absolute Gasteiger partial charge is 0.268 e. The van der Waals surface area contributed by atoms with E-state index in [9.17, 15) is 9.59 Å². The van der Waals surface area contributed by atoms with E-state index in [1.165, 1.54) is 11.8 Å². The number of nitrogens with one attached hydrogen (secondary N) is 1. The van der Waals surface area contributed by atoms with Gasteiger partial charge in [-0.3, -0.25) is 14.2 Å². The molecule has 150 valence electrons. The van der Waals surface area contributed by atoms with E-state index in [4.69, 9.17) is 4.74 Å². The van der Waals surface area contributed by atoms with Crippen LogP contribution in [-0.2, 0) is 22.5 Å². The number of carbonyl (C=O) groups excluding carboxylic acids is 1. The second kappa shape index (κ2) is 9.02. The maximum atomic E-state index is 12.8. The van der Waals surface area contributed by atoms with E-state index in [1.807, 2.05) is 42.5 Å². The third kappa shape index (κ3) is 4.34. The normalized spacial score (nSPS) is 12.9. The molecule has 4 rings (SSSR count). The molecule has 29 heavy (non-hydrogen) atoms. The summed E-state index contributed by atoms with van der Waals surface area (Å²) in [4.78, 5) is 30.8. The van der Waals surface area contributed by atoms with E-state index in [-0.39, 0.29) is 17.2 Å². The second-order valence-corrected chi connectivity index (χ2v) is 8.63. The Morgan fingerprint density at radius 1 is 1.28 bits per heavy atom. The van der Waals surface area contributed by atoms with Crippen molar-refractivity contribution < 1.29 is 9.53 Å². The van der Waals surface area contributed by atoms with Gasteiger partial charge in [-0.05, 0) is 11.5 Å². The Bertz CT molecular complexity index is 1110. The Balaban J connectivity index is 1.52. The van der Waals surface area contributed by atoms with Crippen molar-refractivity contribution in [2.75, 3.05) is 30.5 Å². The molecular formula is C21H21N3O3S2. The zero-order valence-corrected chi connectivity index (χ0v) is 17.6. The molecule has 3 aromatic rings. The van der Waals surface area contributed by atoms with Crippen LogP contribution in [0, 0.1) is 0 Å². The average Bonchev–Trinajstić information content (AvgIpc) is 3.21. The molecule has 0 atom stereocenters. The van der Waals surface area contributed by atoms with Crippen LogP contribution in [0.25, 0.3) is 10.8 Å². The quantitative estimate of drug-likeness (QED) is 0.460. The molecule has 0 bridgehead atoms. The number of aryl methyl sites for hydroxylation is 1. The first-order valence-electron chi connectivity index (χ1n) is 9.33. The lowest BCUT2D eigenvalue weighted by Crippen LogP contribution is -2.27. The SMILES string of the molecule is COCCn1c(SCC(=O)Nc2cccc3ccccc23)nc2c(c1=O)SCC2. The van der Waals surface area contributed by atoms with E-state index in [2.05, 4.69) is 10.3 Å². The van der Waals surface area contributed by atoms with Crippen molar-refractivity contribution in [3.05, 3.63) is 58.5 Å². The molecule has 0 unspecified atom stereocenters. The summed E-state index contributed by atoms with van der Waals surface area (Å²) in [6.45, 7) is 0.838. The third-order valence-electron chi connectivity index (χ3n) is 4.66. The summed E-state index contributed by atoms with van der Waals surface area (Å²) in [5, 5.41) is 5.62. The zero-order chi connectivity index (χ0) is 20.2. The fourth-order valence-electron chi connectivity index (χ4n) is 3.26. The largest absolute Gasteiger partial charge is 0.383 e. The van der Waals surface area contributed by atoms with Crippen molar-refractivity contribution >= 4 is 45.9 Å². The maximum absolute atomic E-state index is 12.8. The van der Waals surface area contributed by atoms with Gasteiger partial charge in [0.05, 0.1) is 29.5 Å². The molecule has 1 aromatic heterocycles. The first kappa shape index (κ1) is 20.0. The molecule has 1 amide bonds. The molecule has 0 fully saturated rings. The predicted octanol–water partition coefficient (Wildman–Crippen LogP) is 3.42. The zero-order valence-electron chi connectivity index (χ0n) is 16.0. The highest BCUT2D eigenvalue weighted by Crippen LogP contribution is 2.29. The highest BCUT2D eigenvalue weighted by Gasteiger charge is 2.22. The van der Waals surface area contributed by atoms with Gasteiger partial charge in [0.2, 0.25) is 5.91 Å². The molecule has 1 aliphatic heterocycles. The fraction of sp³-hybridized carbons (Fsp3) is 0.286. The van der Waals surface area contributed by atoms with Gasteiger partial charge in [-0.1, -0.05) is 48.2 Å². The molecule has 1 N–H and O–H groups in total. The summed E-state index contributed by atoms with van der Waals surface area (Å²) >= 11 is 2.84. The van der Waals surface area contributed by atoms with Crippen LogP contribution in [0.1, 0.15) is 5.69 Å². The van der Waals surface area contributed by atoms with Gasteiger partial charge in [0.1, 0.15) is 0 Å². The Labute approximate surface area is 177 Å². The number of hydrogen-bond donors (Lipinski definition) is 1. The number of thioether (sulfide) groups is 2. The van der Waals surface area contributed by atoms with Gasteiger partial charge in [-0.2, -0.15) is 0 Å². The monoisotopic (exact) mass is 427 g/mol. The molecule has 0 radical (unpaired) electrons. The van der Waals surface area contributed by atoms with Crippen LogP contribution in [0.2, 0.25) is 0 Å². The minimum absolute atomic E-state index is 0.0356. The standard InChI is InChI=1S/C21H21N3O3S2/c1-27-11-10-24-20(26)19-17(9-12-28-19)23-21(24)29-13-18(25)22-16-8-4-6-14-5-2-3-7-15(14)16/h2-8H,9-13H2,1H3,(H,22,25). The van der Waals surface area contributed by atoms with Gasteiger partial charge in [0.25, 0.3) is 5.56 Å². The summed E-state index contributed by atoms with van der Waals surface area (Å²) in [5.41, 5.74) is 1.58. The minimum atomic E-state index is -0.131. The lowest BCUT2D eigenvalue weighted by Gasteiger charge is -2.13. The molecule has 0 saturated carbocycles. The Morgan fingerprint density at radius 2 is 2.10 bits per heavy atom. The molecule has 8 heteroatoms. The minimum Gasteiger partial charge on any atom is -0.383 e. The Kier molecular flexibility index (Phi) is 6.22. The fourth-order valence-corrected chi connectivity index (χ4v) is 5.15. The van der Waals surface area contributed by atoms with Crippen LogP contribution in [-0.4, -0.2) is 40.7 Å². The van der Waals surface area contributed by atoms with Crippen LogP contribution < -0.4 is 10.9 Å². The van der Waals surface area contributed by atoms with Crippen molar-refractivity contribution in [2.24, 2.45) is 0 Å². The Morgan fingerprint density at radius 3 is 2.97 bits per heavy atom. The first-order valence-corrected chi connectivity index (χ1v) is 11.3. The van der Waals surface area contributed by atoms with Crippen LogP contribution in [0.4, 0.5) is 5.69 Å². The van der Waals surface area contributed by atoms with E-state index >= 15 is 0 Å². The lowest BCUT2D eigenvalue weighted by molar-refractivity contribution is -0.113. The van der Waals surface area contributed by atoms with Crippen molar-refractivity contribution in [1.82, 2.24) is 9.55 Å². The maximum Gasteiger partial charge on any atom is 0.268 e. The van der Waals surface area contributed by atoms with Gasteiger partial charge in [-0.25, -0.2) is 4.98 Å². The van der Waals surface area contributed by atoms with Crippen LogP contribution in [0.5, 0.6) is 0 Å². The number of aromatic nitrogens is 2. The summed E-state index contributed by atoms with van der Waals surface area (Å²) in [6, 6.07) is 13.8. The molecule has 2 aromatic carbocycles. The number of carbonyl (C=O) groups is 1. The van der Waals surface area contributed by atoms with E-state index in [0.29, 0.717) is 18.3 Å². The topological polar surface area (TPSA) is 73.2 Å². The molecule has 0 aliphatic carbocycles. The van der Waals surface area contributed by atoms with Crippen LogP contribution >= 0.6 is 23.5 Å². The molecule has 1 aliphatic rings. The van der Waals surface area contributed by atoms with Crippen molar-refractivity contribution in [2.45, 2.75) is 23.0 Å². The molecule has 2 heterocycles. The number of amides is 1. The lowest BCUT2D eigenvalue weighted by atomic mass is 10.1. The molecular weight excluding hydrogens is 406 g/mol. The Hall–Kier alpha value is -2.29. The number of fused-ring (bicyclic) bond motifs is 2. The van der Waals surface area contributed by atoms with E-state index < -0.39 is 0 Å². The van der Waals surface area contributed by atoms with Crippen molar-refractivity contribution in [3.63, 3.8) is 0 Å². The van der Waals surface area contributed by atoms with Gasteiger partial charge in [0, 0.05) is 30.4 Å². The number of anilines is 1. The molecule has 0 spiro atoms. The summed E-state index contributed by atoms with van der Waals surface area (Å²) in [6.07, 6.45) is 0.788. The van der Waals surface area contributed by atoms with Gasteiger partial charge >= 0.3 is 0 Å². The summed E-state index contributed by atoms with van der Waals surface area (Å²) < 4.78 is 6.76. The number of benzene rings is 2. The highest BCUT2D eigenvalue weighted by molar-refractivity contribution is 8.00. The predicted molar refractivity (Wildman–Crippen MR) is 118 cm³/mol. The number of ether oxygens (including phenoxy) is 1. The third-order valence-corrected chi connectivity index (χ3v) is 6.75. The second-order valence-electron chi connectivity index (χ2n) is 6.58. The van der Waals surface area contributed by atoms with Gasteiger partial charge < -0.3 is 10.1 Å². The summed E-state index contributed by atoms with van der Waals surface area (Å²) in [7, 11) is 1.60. The number of hydrogen-bond acceptors (Lipinski definition) is 6. The van der Waals surface area contributed by atoms with Gasteiger partial charge in [0.15, 0.2) is 5.16 Å². The van der Waals surface area contributed by atoms with E-state index in [1.54, 1.807) is 23.4 Å².